The highest BCUT2D eigenvalue weighted by Gasteiger charge is 2.38. The highest BCUT2D eigenvalue weighted by molar-refractivity contribution is 7.22. The molecule has 2 fully saturated rings. The number of benzene rings is 1. The Morgan fingerprint density at radius 2 is 1.87 bits per heavy atom. The summed E-state index contributed by atoms with van der Waals surface area (Å²) in [5.41, 5.74) is -0.635. The minimum Gasteiger partial charge on any atom is -0.496 e. The molecular weight excluding hydrogens is 598 g/mol. The van der Waals surface area contributed by atoms with E-state index in [9.17, 15) is 14.4 Å². The van der Waals surface area contributed by atoms with Gasteiger partial charge in [-0.25, -0.2) is 19.1 Å². The first kappa shape index (κ1) is 31.3. The molecule has 0 N–H and O–H groups in total. The number of hydrogen-bond acceptors (Lipinski definition) is 10. The lowest BCUT2D eigenvalue weighted by Crippen LogP contribution is -2.45. The Kier molecular flexibility index (Phi) is 8.49. The fraction of sp³-hybridized carbons (Fsp3) is 0.515. The third-order valence-electron chi connectivity index (χ3n) is 8.44. The van der Waals surface area contributed by atoms with Crippen LogP contribution in [0.15, 0.2) is 50.7 Å². The highest BCUT2D eigenvalue weighted by atomic mass is 32.1. The van der Waals surface area contributed by atoms with Crippen molar-refractivity contribution >= 4 is 27.5 Å². The molecule has 0 saturated carbocycles. The van der Waals surface area contributed by atoms with Crippen molar-refractivity contribution < 1.29 is 28.2 Å². The van der Waals surface area contributed by atoms with Gasteiger partial charge in [0.1, 0.15) is 34.6 Å². The number of carbonyl (C=O) groups is 1. The van der Waals surface area contributed by atoms with E-state index in [1.165, 1.54) is 35.3 Å². The molecule has 1 unspecified atom stereocenters. The number of thiophene rings is 1. The topological polar surface area (TPSA) is 124 Å². The maximum atomic E-state index is 14.4. The summed E-state index contributed by atoms with van der Waals surface area (Å²) >= 11 is 1.25. The van der Waals surface area contributed by atoms with E-state index in [-0.39, 0.29) is 24.9 Å². The summed E-state index contributed by atoms with van der Waals surface area (Å²) in [5, 5.41) is 0.311. The molecule has 2 saturated heterocycles. The van der Waals surface area contributed by atoms with Crippen LogP contribution in [0.5, 0.6) is 5.75 Å². The van der Waals surface area contributed by atoms with Gasteiger partial charge in [-0.3, -0.25) is 9.36 Å². The molecule has 240 valence electrons. The second-order valence-electron chi connectivity index (χ2n) is 12.8. The molecule has 0 radical (unpaired) electrons. The fourth-order valence-electron chi connectivity index (χ4n) is 6.36. The maximum Gasteiger partial charge on any atom is 0.333 e. The zero-order valence-corrected chi connectivity index (χ0v) is 27.2. The van der Waals surface area contributed by atoms with Crippen LogP contribution in [0.3, 0.4) is 0 Å². The fourth-order valence-corrected chi connectivity index (χ4v) is 7.61. The molecule has 0 amide bonds. The van der Waals surface area contributed by atoms with Gasteiger partial charge in [-0.2, -0.15) is 0 Å². The Labute approximate surface area is 264 Å². The van der Waals surface area contributed by atoms with E-state index in [2.05, 4.69) is 4.98 Å². The molecule has 45 heavy (non-hydrogen) atoms. The van der Waals surface area contributed by atoms with Crippen LogP contribution in [-0.4, -0.2) is 51.1 Å². The van der Waals surface area contributed by atoms with Gasteiger partial charge in [0.2, 0.25) is 5.89 Å². The van der Waals surface area contributed by atoms with Crippen LogP contribution >= 0.6 is 11.3 Å². The van der Waals surface area contributed by atoms with Gasteiger partial charge in [-0.1, -0.05) is 18.2 Å². The lowest BCUT2D eigenvalue weighted by Gasteiger charge is -2.32. The van der Waals surface area contributed by atoms with Gasteiger partial charge in [0, 0.05) is 5.56 Å². The second-order valence-corrected chi connectivity index (χ2v) is 13.8. The molecule has 2 aliphatic heterocycles. The van der Waals surface area contributed by atoms with E-state index < -0.39 is 35.0 Å². The maximum absolute atomic E-state index is 14.4. The quantitative estimate of drug-likeness (QED) is 0.217. The number of para-hydroxylation sites is 1. The first-order valence-corrected chi connectivity index (χ1v) is 16.1. The van der Waals surface area contributed by atoms with E-state index in [1.807, 2.05) is 24.3 Å². The molecule has 2 bridgehead atoms. The molecular formula is C33H39N3O8S. The predicted octanol–water partition coefficient (Wildman–Crippen LogP) is 5.57. The van der Waals surface area contributed by atoms with Crippen LogP contribution in [0.4, 0.5) is 0 Å². The molecule has 12 heteroatoms. The number of aryl methyl sites for hydroxylation is 1. The summed E-state index contributed by atoms with van der Waals surface area (Å²) in [5.74, 6) is 0.290. The van der Waals surface area contributed by atoms with E-state index in [1.54, 1.807) is 34.8 Å². The molecule has 11 nitrogen and oxygen atoms in total. The molecule has 5 heterocycles. The molecule has 0 spiro atoms. The zero-order chi connectivity index (χ0) is 32.0. The van der Waals surface area contributed by atoms with Gasteiger partial charge in [0.05, 0.1) is 48.4 Å². The van der Waals surface area contributed by atoms with Gasteiger partial charge >= 0.3 is 11.7 Å². The third-order valence-corrected chi connectivity index (χ3v) is 9.75. The van der Waals surface area contributed by atoms with Crippen molar-refractivity contribution in [2.75, 3.05) is 7.11 Å². The van der Waals surface area contributed by atoms with E-state index in [4.69, 9.17) is 23.4 Å². The van der Waals surface area contributed by atoms with E-state index in [0.717, 1.165) is 35.8 Å². The number of oxazole rings is 1. The number of rotatable bonds is 9. The van der Waals surface area contributed by atoms with Crippen LogP contribution in [0.1, 0.15) is 76.7 Å². The van der Waals surface area contributed by atoms with Crippen molar-refractivity contribution in [3.8, 4) is 16.5 Å². The minimum atomic E-state index is -1.18. The average Bonchev–Trinajstić information content (AvgIpc) is 3.72. The Morgan fingerprint density at radius 1 is 1.16 bits per heavy atom. The Bertz CT molecular complexity index is 1800. The van der Waals surface area contributed by atoms with E-state index >= 15 is 0 Å². The summed E-state index contributed by atoms with van der Waals surface area (Å²) in [6, 6.07) is 6.39. The van der Waals surface area contributed by atoms with Crippen molar-refractivity contribution in [2.45, 2.75) is 103 Å². The second kappa shape index (κ2) is 12.2. The number of ether oxygens (including phenoxy) is 4. The first-order chi connectivity index (χ1) is 21.4. The van der Waals surface area contributed by atoms with Crippen molar-refractivity contribution in [1.29, 1.82) is 0 Å². The summed E-state index contributed by atoms with van der Waals surface area (Å²) in [7, 11) is 1.60. The number of nitrogens with zero attached hydrogens (tertiary/aromatic N) is 3. The monoisotopic (exact) mass is 637 g/mol. The number of methoxy groups -OCH3 is 1. The molecule has 6 rings (SSSR count). The van der Waals surface area contributed by atoms with E-state index in [0.29, 0.717) is 32.3 Å². The first-order valence-electron chi connectivity index (χ1n) is 15.3. The van der Waals surface area contributed by atoms with Gasteiger partial charge in [-0.05, 0) is 71.9 Å². The molecule has 5 atom stereocenters. The number of fused-ring (bicyclic) bond motifs is 3. The lowest BCUT2D eigenvalue weighted by atomic mass is 10.0. The Morgan fingerprint density at radius 3 is 2.51 bits per heavy atom. The molecule has 1 aromatic carbocycles. The van der Waals surface area contributed by atoms with Crippen molar-refractivity contribution in [1.82, 2.24) is 14.1 Å². The normalized spacial score (nSPS) is 21.2. The number of hydrogen-bond donors (Lipinski definition) is 0. The summed E-state index contributed by atoms with van der Waals surface area (Å²) < 4.78 is 32.3. The van der Waals surface area contributed by atoms with Crippen LogP contribution in [0.25, 0.3) is 21.0 Å². The number of carbonyl (C=O) groups excluding carboxylic acids is 1. The largest absolute Gasteiger partial charge is 0.496 e. The lowest BCUT2D eigenvalue weighted by molar-refractivity contribution is -0.158. The van der Waals surface area contributed by atoms with Gasteiger partial charge in [0.25, 0.3) is 5.56 Å². The Hall–Kier alpha value is -3.74. The van der Waals surface area contributed by atoms with Crippen molar-refractivity contribution in [3.63, 3.8) is 0 Å². The predicted molar refractivity (Wildman–Crippen MR) is 169 cm³/mol. The van der Waals surface area contributed by atoms with Crippen LogP contribution in [-0.2, 0) is 25.5 Å². The standard InChI is InChI=1S/C33H39N3O8S/c1-18-26-29(37)36(19(2)31(38)44-33(3,4)5)32(39)35(30(26)45-27(18)28-34-13-14-41-28)17-25(23-9-7-8-10-24(23)40-6)43-22-15-20-11-12-21(16-22)42-20/h7-10,13-14,19-22,25H,11-12,15-17H2,1-6H3/t19-,20-,21+,22?,25+/m1/s1. The third kappa shape index (κ3) is 6.10. The number of esters is 1. The molecule has 4 aromatic rings. The van der Waals surface area contributed by atoms with Crippen LogP contribution < -0.4 is 16.0 Å². The van der Waals surface area contributed by atoms with Crippen molar-refractivity contribution in [3.05, 3.63) is 68.7 Å². The van der Waals surface area contributed by atoms with Gasteiger partial charge in [0.15, 0.2) is 0 Å². The van der Waals surface area contributed by atoms with Crippen LogP contribution in [0.2, 0.25) is 0 Å². The number of aromatic nitrogens is 3. The minimum absolute atomic E-state index is 0.0642. The molecule has 2 aliphatic rings. The summed E-state index contributed by atoms with van der Waals surface area (Å²) in [4.78, 5) is 47.1. The molecule has 0 aliphatic carbocycles. The summed E-state index contributed by atoms with van der Waals surface area (Å²) in [6.45, 7) is 8.59. The SMILES string of the molecule is COc1ccccc1[C@H](Cn1c(=O)n([C@H](C)C(=O)OC(C)(C)C)c(=O)c2c(C)c(-c3ncco3)sc21)OC1C[C@H]2CC[C@@H](C1)O2. The Balaban J connectivity index is 1.52. The van der Waals surface area contributed by atoms with Crippen molar-refractivity contribution in [2.24, 2.45) is 0 Å². The average molecular weight is 638 g/mol. The van der Waals surface area contributed by atoms with Gasteiger partial charge < -0.3 is 23.4 Å². The van der Waals surface area contributed by atoms with Crippen LogP contribution in [0, 0.1) is 6.92 Å². The van der Waals surface area contributed by atoms with Gasteiger partial charge in [-0.15, -0.1) is 11.3 Å². The highest BCUT2D eigenvalue weighted by Crippen LogP contribution is 2.40. The smallest absolute Gasteiger partial charge is 0.333 e. The zero-order valence-electron chi connectivity index (χ0n) is 26.4. The molecule has 3 aromatic heterocycles. The summed E-state index contributed by atoms with van der Waals surface area (Å²) in [6.07, 6.45) is 6.14.